The lowest BCUT2D eigenvalue weighted by molar-refractivity contribution is -0.130. The molecule has 2 saturated heterocycles. The van der Waals surface area contributed by atoms with Crippen LogP contribution in [0.1, 0.15) is 12.1 Å². The van der Waals surface area contributed by atoms with E-state index >= 15 is 0 Å². The molecular weight excluding hydrogens is 328 g/mol. The minimum absolute atomic E-state index is 0.103. The lowest BCUT2D eigenvalue weighted by Crippen LogP contribution is -2.47. The van der Waals surface area contributed by atoms with Gasteiger partial charge in [-0.1, -0.05) is 12.1 Å². The number of nitrogens with one attached hydrogen (secondary N) is 1. The molecule has 3 amide bonds. The number of aromatic nitrogens is 2. The summed E-state index contributed by atoms with van der Waals surface area (Å²) in [5, 5.41) is 2.80. The predicted molar refractivity (Wildman–Crippen MR) is 90.7 cm³/mol. The summed E-state index contributed by atoms with van der Waals surface area (Å²) in [5.41, 5.74) is 0.474. The molecule has 7 nitrogen and oxygen atoms in total. The first-order chi connectivity index (χ1) is 11.5. The fraction of sp³-hybridized carbons (Fsp3) is 0.375. The number of para-hydroxylation sites is 2. The van der Waals surface area contributed by atoms with Crippen LogP contribution in [-0.2, 0) is 18.4 Å². The zero-order valence-corrected chi connectivity index (χ0v) is 13.9. The van der Waals surface area contributed by atoms with Gasteiger partial charge < -0.3 is 9.88 Å². The minimum Gasteiger partial charge on any atom is -0.322 e. The van der Waals surface area contributed by atoms with Crippen LogP contribution < -0.4 is 10.9 Å². The molecule has 4 rings (SSSR count). The highest BCUT2D eigenvalue weighted by Gasteiger charge is 2.53. The van der Waals surface area contributed by atoms with Crippen molar-refractivity contribution >= 4 is 34.7 Å². The van der Waals surface area contributed by atoms with Crippen molar-refractivity contribution in [3.05, 3.63) is 40.3 Å². The number of amides is 3. The Morgan fingerprint density at radius 3 is 2.83 bits per heavy atom. The maximum Gasteiger partial charge on any atom is 0.325 e. The van der Waals surface area contributed by atoms with Gasteiger partial charge >= 0.3 is 6.03 Å². The van der Waals surface area contributed by atoms with Gasteiger partial charge in [-0.05, 0) is 24.3 Å². The second kappa shape index (κ2) is 5.34. The van der Waals surface area contributed by atoms with Gasteiger partial charge in [0.05, 0.1) is 17.6 Å². The number of aryl methyl sites for hydroxylation is 1. The average molecular weight is 344 g/mol. The molecule has 1 aromatic carbocycles. The van der Waals surface area contributed by atoms with Gasteiger partial charge in [0.25, 0.3) is 11.5 Å². The summed E-state index contributed by atoms with van der Waals surface area (Å²) in [7, 11) is 1.66. The molecule has 3 heterocycles. The number of hydrogen-bond acceptors (Lipinski definition) is 5. The topological polar surface area (TPSA) is 84.3 Å². The van der Waals surface area contributed by atoms with E-state index in [1.165, 1.54) is 4.57 Å². The Morgan fingerprint density at radius 2 is 2.08 bits per heavy atom. The highest BCUT2D eigenvalue weighted by atomic mass is 32.2. The number of urea groups is 1. The van der Waals surface area contributed by atoms with Crippen LogP contribution in [0.3, 0.4) is 0 Å². The number of imide groups is 1. The van der Waals surface area contributed by atoms with Crippen LogP contribution in [0, 0.1) is 0 Å². The number of rotatable bonds is 2. The third-order valence-corrected chi connectivity index (χ3v) is 5.82. The van der Waals surface area contributed by atoms with E-state index in [0.29, 0.717) is 23.2 Å². The summed E-state index contributed by atoms with van der Waals surface area (Å²) < 4.78 is 1.50. The van der Waals surface area contributed by atoms with Crippen molar-refractivity contribution in [2.75, 3.05) is 11.5 Å². The van der Waals surface area contributed by atoms with E-state index in [-0.39, 0.29) is 23.7 Å². The summed E-state index contributed by atoms with van der Waals surface area (Å²) >= 11 is 1.65. The van der Waals surface area contributed by atoms with Crippen molar-refractivity contribution in [3.63, 3.8) is 0 Å². The third-order valence-electron chi connectivity index (χ3n) is 4.63. The van der Waals surface area contributed by atoms with E-state index in [1.54, 1.807) is 24.9 Å². The lowest BCUT2D eigenvalue weighted by Gasteiger charge is -2.19. The van der Waals surface area contributed by atoms with Gasteiger partial charge in [0.15, 0.2) is 0 Å². The highest BCUT2D eigenvalue weighted by Crippen LogP contribution is 2.33. The molecule has 1 spiro atoms. The van der Waals surface area contributed by atoms with Gasteiger partial charge in [0.2, 0.25) is 0 Å². The molecule has 24 heavy (non-hydrogen) atoms. The molecule has 0 bridgehead atoms. The van der Waals surface area contributed by atoms with Crippen molar-refractivity contribution in [1.82, 2.24) is 19.8 Å². The van der Waals surface area contributed by atoms with E-state index in [4.69, 9.17) is 0 Å². The van der Waals surface area contributed by atoms with Gasteiger partial charge in [0.1, 0.15) is 11.2 Å². The Bertz CT molecular complexity index is 917. The lowest BCUT2D eigenvalue weighted by atomic mass is 9.99. The Labute approximate surface area is 142 Å². The zero-order chi connectivity index (χ0) is 16.9. The van der Waals surface area contributed by atoms with Gasteiger partial charge in [-0.3, -0.25) is 14.5 Å². The quantitative estimate of drug-likeness (QED) is 0.817. The SMILES string of the molecule is Cn1c(=O)c(CN2C(=O)N[C@@]3(CCSC3)C2=O)nc2ccccc21. The number of carbonyl (C=O) groups is 2. The summed E-state index contributed by atoms with van der Waals surface area (Å²) in [6, 6.07) is 6.84. The molecule has 1 atom stereocenters. The fourth-order valence-corrected chi connectivity index (χ4v) is 4.57. The summed E-state index contributed by atoms with van der Waals surface area (Å²) in [4.78, 5) is 43.0. The molecule has 1 N–H and O–H groups in total. The molecule has 0 saturated carbocycles. The number of fused-ring (bicyclic) bond motifs is 1. The molecule has 2 fully saturated rings. The molecule has 2 aliphatic rings. The van der Waals surface area contributed by atoms with Crippen LogP contribution in [0.4, 0.5) is 4.79 Å². The van der Waals surface area contributed by atoms with E-state index in [9.17, 15) is 14.4 Å². The van der Waals surface area contributed by atoms with E-state index < -0.39 is 11.6 Å². The van der Waals surface area contributed by atoms with Crippen molar-refractivity contribution in [2.24, 2.45) is 7.05 Å². The molecule has 8 heteroatoms. The van der Waals surface area contributed by atoms with Crippen LogP contribution in [0.5, 0.6) is 0 Å². The smallest absolute Gasteiger partial charge is 0.322 e. The van der Waals surface area contributed by atoms with Gasteiger partial charge in [0, 0.05) is 12.8 Å². The predicted octanol–water partition coefficient (Wildman–Crippen LogP) is 0.861. The van der Waals surface area contributed by atoms with Gasteiger partial charge in [-0.2, -0.15) is 11.8 Å². The zero-order valence-electron chi connectivity index (χ0n) is 13.1. The summed E-state index contributed by atoms with van der Waals surface area (Å²) in [6.45, 7) is -0.103. The Balaban J connectivity index is 1.72. The maximum atomic E-state index is 12.7. The van der Waals surface area contributed by atoms with Crippen LogP contribution in [0.25, 0.3) is 11.0 Å². The monoisotopic (exact) mass is 344 g/mol. The average Bonchev–Trinajstić information content (AvgIpc) is 3.13. The molecule has 124 valence electrons. The summed E-state index contributed by atoms with van der Waals surface area (Å²) in [6.07, 6.45) is 0.627. The number of nitrogens with zero attached hydrogens (tertiary/aromatic N) is 3. The van der Waals surface area contributed by atoms with Gasteiger partial charge in [-0.25, -0.2) is 9.78 Å². The van der Waals surface area contributed by atoms with E-state index in [1.807, 2.05) is 18.2 Å². The second-order valence-electron chi connectivity index (χ2n) is 6.12. The normalized spacial score (nSPS) is 23.5. The van der Waals surface area contributed by atoms with Crippen molar-refractivity contribution < 1.29 is 9.59 Å². The molecule has 0 unspecified atom stereocenters. The molecule has 2 aliphatic heterocycles. The highest BCUT2D eigenvalue weighted by molar-refractivity contribution is 7.99. The molecular formula is C16H16N4O3S. The molecule has 2 aromatic rings. The van der Waals surface area contributed by atoms with Crippen molar-refractivity contribution in [3.8, 4) is 0 Å². The van der Waals surface area contributed by atoms with Crippen molar-refractivity contribution in [2.45, 2.75) is 18.5 Å². The standard InChI is InChI=1S/C16H16N4O3S/c1-19-12-5-3-2-4-10(12)17-11(13(19)21)8-20-14(22)16(18-15(20)23)6-7-24-9-16/h2-5H,6-9H2,1H3,(H,18,23)/t16-/m1/s1. The van der Waals surface area contributed by atoms with Crippen LogP contribution in [0.15, 0.2) is 29.1 Å². The maximum absolute atomic E-state index is 12.7. The van der Waals surface area contributed by atoms with Crippen LogP contribution in [0.2, 0.25) is 0 Å². The van der Waals surface area contributed by atoms with Crippen LogP contribution >= 0.6 is 11.8 Å². The Kier molecular flexibility index (Phi) is 3.38. The van der Waals surface area contributed by atoms with Crippen molar-refractivity contribution in [1.29, 1.82) is 0 Å². The van der Waals surface area contributed by atoms with Crippen LogP contribution in [-0.4, -0.2) is 43.4 Å². The van der Waals surface area contributed by atoms with E-state index in [2.05, 4.69) is 10.3 Å². The first-order valence-corrected chi connectivity index (χ1v) is 8.84. The third kappa shape index (κ3) is 2.13. The molecule has 0 radical (unpaired) electrons. The summed E-state index contributed by atoms with van der Waals surface area (Å²) in [5.74, 6) is 1.17. The largest absolute Gasteiger partial charge is 0.325 e. The minimum atomic E-state index is -0.802. The number of hydrogen-bond donors (Lipinski definition) is 1. The number of carbonyl (C=O) groups excluding carboxylic acids is 2. The first kappa shape index (κ1) is 15.2. The Morgan fingerprint density at radius 1 is 1.29 bits per heavy atom. The van der Waals surface area contributed by atoms with Gasteiger partial charge in [-0.15, -0.1) is 0 Å². The number of thioether (sulfide) groups is 1. The van der Waals surface area contributed by atoms with E-state index in [0.717, 1.165) is 10.7 Å². The molecule has 1 aromatic heterocycles. The molecule has 0 aliphatic carbocycles. The first-order valence-electron chi connectivity index (χ1n) is 7.68. The fourth-order valence-electron chi connectivity index (χ4n) is 3.24. The Hall–Kier alpha value is -2.35. The number of benzene rings is 1. The second-order valence-corrected chi connectivity index (χ2v) is 7.22.